The fraction of sp³-hybridized carbons (Fsp3) is 0.889. The van der Waals surface area contributed by atoms with Crippen molar-refractivity contribution in [2.75, 3.05) is 11.5 Å². The van der Waals surface area contributed by atoms with Gasteiger partial charge in [0.1, 0.15) is 5.40 Å². The number of hydrogen-bond donors (Lipinski definition) is 2. The van der Waals surface area contributed by atoms with Gasteiger partial charge in [0, 0.05) is 11.5 Å². The molecule has 1 amide bonds. The zero-order valence-corrected chi connectivity index (χ0v) is 16.5. The van der Waals surface area contributed by atoms with Gasteiger partial charge in [-0.25, -0.2) is 0 Å². The largest absolute Gasteiger partial charge is 0.393 e. The van der Waals surface area contributed by atoms with Gasteiger partial charge in [-0.2, -0.15) is 5.26 Å². The summed E-state index contributed by atoms with van der Waals surface area (Å²) in [6, 6.07) is 0. The van der Waals surface area contributed by atoms with Crippen LogP contribution in [-0.2, 0) is 0 Å². The molecule has 0 rings (SSSR count). The Labute approximate surface area is 156 Å². The third-order valence-corrected chi connectivity index (χ3v) is 5.42. The normalized spacial score (nSPS) is 12.0. The third-order valence-electron chi connectivity index (χ3n) is 4.02. The maximum absolute atomic E-state index is 10.6. The average molecular weight is 375 g/mol. The molecule has 0 saturated heterocycles. The van der Waals surface area contributed by atoms with Crippen molar-refractivity contribution >= 4 is 28.8 Å². The quantitative estimate of drug-likeness (QED) is 0.261. The van der Waals surface area contributed by atoms with Crippen LogP contribution in [0, 0.1) is 10.7 Å². The Morgan fingerprint density at radius 1 is 0.875 bits per heavy atom. The fourth-order valence-electron chi connectivity index (χ4n) is 2.64. The van der Waals surface area contributed by atoms with Crippen molar-refractivity contribution in [2.24, 2.45) is 5.73 Å². The van der Waals surface area contributed by atoms with E-state index in [-0.39, 0.29) is 11.3 Å². The predicted octanol–water partition coefficient (Wildman–Crippen LogP) is 5.44. The third kappa shape index (κ3) is 19.7. The highest BCUT2D eigenvalue weighted by atomic mass is 32.2. The van der Waals surface area contributed by atoms with Crippen LogP contribution in [0.3, 0.4) is 0 Å². The van der Waals surface area contributed by atoms with E-state index in [1.165, 1.54) is 62.0 Å². The van der Waals surface area contributed by atoms with Crippen LogP contribution in [0.5, 0.6) is 0 Å². The summed E-state index contributed by atoms with van der Waals surface area (Å²) in [5.74, 6) is 1.79. The van der Waals surface area contributed by atoms with Crippen molar-refractivity contribution in [3.05, 3.63) is 0 Å². The number of amides is 1. The molecule has 24 heavy (non-hydrogen) atoms. The summed E-state index contributed by atoms with van der Waals surface area (Å²) in [6.45, 7) is 0. The second-order valence-electron chi connectivity index (χ2n) is 6.23. The van der Waals surface area contributed by atoms with Crippen molar-refractivity contribution in [1.29, 1.82) is 5.26 Å². The lowest BCUT2D eigenvalue weighted by Crippen LogP contribution is -2.06. The lowest BCUT2D eigenvalue weighted by molar-refractivity contribution is 0.147. The predicted molar refractivity (Wildman–Crippen MR) is 106 cm³/mol. The van der Waals surface area contributed by atoms with Gasteiger partial charge in [-0.1, -0.05) is 69.5 Å². The average Bonchev–Trinajstić information content (AvgIpc) is 2.55. The van der Waals surface area contributed by atoms with Crippen molar-refractivity contribution in [3.8, 4) is 5.40 Å². The minimum atomic E-state index is -0.281. The Morgan fingerprint density at radius 3 is 1.83 bits per heavy atom. The van der Waals surface area contributed by atoms with Gasteiger partial charge >= 0.3 is 0 Å². The lowest BCUT2D eigenvalue weighted by Gasteiger charge is -2.10. The summed E-state index contributed by atoms with van der Waals surface area (Å²) in [4.78, 5) is 10.6. The summed E-state index contributed by atoms with van der Waals surface area (Å²) in [7, 11) is 0. The topological polar surface area (TPSA) is 87.1 Å². The number of aliphatic hydroxyl groups excluding tert-OH is 1. The number of thiocyanates is 1. The Morgan fingerprint density at radius 2 is 1.33 bits per heavy atom. The van der Waals surface area contributed by atoms with Crippen LogP contribution in [0.2, 0.25) is 0 Å². The molecule has 0 bridgehead atoms. The Kier molecular flexibility index (Phi) is 18.7. The van der Waals surface area contributed by atoms with Crippen LogP contribution in [0.4, 0.5) is 4.79 Å². The number of thioether (sulfide) groups is 2. The van der Waals surface area contributed by atoms with Gasteiger partial charge in [0.15, 0.2) is 0 Å². The smallest absolute Gasteiger partial charge is 0.276 e. The molecular formula is C18H34N2O2S2. The summed E-state index contributed by atoms with van der Waals surface area (Å²) in [6.07, 6.45) is 14.5. The van der Waals surface area contributed by atoms with Crippen molar-refractivity contribution in [1.82, 2.24) is 0 Å². The highest BCUT2D eigenvalue weighted by Gasteiger charge is 2.04. The van der Waals surface area contributed by atoms with Crippen molar-refractivity contribution in [2.45, 2.75) is 89.6 Å². The molecule has 0 aromatic rings. The molecule has 0 aliphatic carbocycles. The van der Waals surface area contributed by atoms with E-state index in [9.17, 15) is 9.90 Å². The first kappa shape index (κ1) is 23.6. The number of nitrogens with zero attached hydrogens (tertiary/aromatic N) is 1. The Balaban J connectivity index is 3.17. The van der Waals surface area contributed by atoms with E-state index in [0.717, 1.165) is 56.5 Å². The van der Waals surface area contributed by atoms with Gasteiger partial charge < -0.3 is 10.8 Å². The molecule has 6 heteroatoms. The molecule has 0 radical (unpaired) electrons. The van der Waals surface area contributed by atoms with Crippen LogP contribution >= 0.6 is 23.5 Å². The standard InChI is InChI=1S/C18H34N2O2S2/c19-16-23-14-10-6-2-1-4-8-12-17(21)13-9-5-3-7-11-15-24-18(20)22/h17,21H,1-15H2,(H2,20,22). The van der Waals surface area contributed by atoms with Crippen molar-refractivity contribution < 1.29 is 9.90 Å². The lowest BCUT2D eigenvalue weighted by atomic mass is 10.0. The Bertz CT molecular complexity index is 335. The first-order valence-electron chi connectivity index (χ1n) is 9.28. The number of nitriles is 1. The molecule has 0 aliphatic heterocycles. The van der Waals surface area contributed by atoms with Crippen molar-refractivity contribution in [3.63, 3.8) is 0 Å². The van der Waals surface area contributed by atoms with E-state index in [0.29, 0.717) is 0 Å². The first-order valence-corrected chi connectivity index (χ1v) is 11.2. The monoisotopic (exact) mass is 374 g/mol. The molecule has 1 unspecified atom stereocenters. The number of hydrogen-bond acceptors (Lipinski definition) is 5. The minimum Gasteiger partial charge on any atom is -0.393 e. The molecule has 3 N–H and O–H groups in total. The number of carbonyl (C=O) groups excluding carboxylic acids is 1. The van der Waals surface area contributed by atoms with E-state index >= 15 is 0 Å². The maximum atomic E-state index is 10.6. The molecular weight excluding hydrogens is 340 g/mol. The van der Waals surface area contributed by atoms with E-state index in [4.69, 9.17) is 11.0 Å². The van der Waals surface area contributed by atoms with E-state index in [2.05, 4.69) is 5.40 Å². The number of carbonyl (C=O) groups is 1. The number of primary amides is 1. The van der Waals surface area contributed by atoms with Gasteiger partial charge in [-0.15, -0.1) is 0 Å². The van der Waals surface area contributed by atoms with Crippen LogP contribution in [0.25, 0.3) is 0 Å². The molecule has 0 spiro atoms. The van der Waals surface area contributed by atoms with Crippen LogP contribution in [0.1, 0.15) is 83.5 Å². The highest BCUT2D eigenvalue weighted by molar-refractivity contribution is 8.13. The number of unbranched alkanes of at least 4 members (excludes halogenated alkanes) is 9. The Hall–Kier alpha value is -0.380. The van der Waals surface area contributed by atoms with Gasteiger partial charge in [0.05, 0.1) is 6.10 Å². The molecule has 0 aliphatic rings. The van der Waals surface area contributed by atoms with Gasteiger partial charge in [0.25, 0.3) is 5.24 Å². The molecule has 4 nitrogen and oxygen atoms in total. The SMILES string of the molecule is N#CSCCCCCCCCC(O)CCCCCCCSC(N)=O. The number of aliphatic hydroxyl groups is 1. The molecule has 140 valence electrons. The van der Waals surface area contributed by atoms with Gasteiger partial charge in [0.2, 0.25) is 0 Å². The van der Waals surface area contributed by atoms with Gasteiger partial charge in [-0.05, 0) is 37.4 Å². The van der Waals surface area contributed by atoms with E-state index in [1.54, 1.807) is 0 Å². The molecule has 0 aromatic heterocycles. The molecule has 1 atom stereocenters. The number of nitrogens with two attached hydrogens (primary N) is 1. The second kappa shape index (κ2) is 19.0. The van der Waals surface area contributed by atoms with E-state index < -0.39 is 0 Å². The summed E-state index contributed by atoms with van der Waals surface area (Å²) in [5.41, 5.74) is 5.06. The molecule has 0 aromatic carbocycles. The minimum absolute atomic E-state index is 0.137. The second-order valence-corrected chi connectivity index (χ2v) is 8.21. The molecule has 0 saturated carbocycles. The molecule has 0 heterocycles. The zero-order chi connectivity index (χ0) is 17.9. The number of rotatable bonds is 17. The maximum Gasteiger partial charge on any atom is 0.276 e. The molecule has 0 fully saturated rings. The summed E-state index contributed by atoms with van der Waals surface area (Å²) < 4.78 is 0. The highest BCUT2D eigenvalue weighted by Crippen LogP contribution is 2.15. The van der Waals surface area contributed by atoms with Gasteiger partial charge in [-0.3, -0.25) is 4.79 Å². The zero-order valence-electron chi connectivity index (χ0n) is 14.9. The first-order chi connectivity index (χ1) is 11.7. The summed E-state index contributed by atoms with van der Waals surface area (Å²) >= 11 is 2.55. The van der Waals surface area contributed by atoms with Crippen LogP contribution in [0.15, 0.2) is 0 Å². The van der Waals surface area contributed by atoms with Crippen LogP contribution < -0.4 is 5.73 Å². The summed E-state index contributed by atoms with van der Waals surface area (Å²) in [5, 5.41) is 20.2. The van der Waals surface area contributed by atoms with Crippen LogP contribution in [-0.4, -0.2) is 28.0 Å². The fourth-order valence-corrected chi connectivity index (χ4v) is 3.63. The van der Waals surface area contributed by atoms with E-state index in [1.807, 2.05) is 0 Å².